The molecule has 5 nitrogen and oxygen atoms in total. The zero-order chi connectivity index (χ0) is 15.3. The summed E-state index contributed by atoms with van der Waals surface area (Å²) < 4.78 is 26.8. The Bertz CT molecular complexity index is 681. The van der Waals surface area contributed by atoms with Crippen molar-refractivity contribution in [1.29, 1.82) is 0 Å². The highest BCUT2D eigenvalue weighted by Gasteiger charge is 2.25. The Morgan fingerprint density at radius 2 is 1.86 bits per heavy atom. The van der Waals surface area contributed by atoms with Crippen molar-refractivity contribution >= 4 is 33.0 Å². The normalized spacial score (nSPS) is 11.2. The number of benzene rings is 1. The zero-order valence-electron chi connectivity index (χ0n) is 11.2. The van der Waals surface area contributed by atoms with Crippen molar-refractivity contribution in [3.63, 3.8) is 0 Å². The summed E-state index contributed by atoms with van der Waals surface area (Å²) in [6.07, 6.45) is 0.193. The van der Waals surface area contributed by atoms with E-state index in [0.717, 1.165) is 11.3 Å². The monoisotopic (exact) mass is 325 g/mol. The third-order valence-electron chi connectivity index (χ3n) is 2.84. The van der Waals surface area contributed by atoms with Crippen LogP contribution in [0.15, 0.2) is 52.1 Å². The number of nitrogens with zero attached hydrogens (tertiary/aromatic N) is 1. The van der Waals surface area contributed by atoms with Crippen LogP contribution in [0.3, 0.4) is 0 Å². The lowest BCUT2D eigenvalue weighted by Gasteiger charge is -2.23. The maximum Gasteiger partial charge on any atom is 0.303 e. The molecule has 0 saturated carbocycles. The number of thiophene rings is 1. The molecular formula is C14H15NO4S2. The average Bonchev–Trinajstić information content (AvgIpc) is 2.99. The lowest BCUT2D eigenvalue weighted by atomic mass is 10.3. The molecule has 0 aliphatic rings. The third-order valence-corrected chi connectivity index (χ3v) is 6.04. The van der Waals surface area contributed by atoms with Crippen LogP contribution in [0.5, 0.6) is 0 Å². The van der Waals surface area contributed by atoms with E-state index in [2.05, 4.69) is 0 Å². The summed E-state index contributed by atoms with van der Waals surface area (Å²) in [4.78, 5) is 10.6. The first-order chi connectivity index (χ1) is 10.0. The molecule has 2 rings (SSSR count). The highest BCUT2D eigenvalue weighted by atomic mass is 32.2. The molecule has 21 heavy (non-hydrogen) atoms. The Morgan fingerprint density at radius 1 is 1.14 bits per heavy atom. The van der Waals surface area contributed by atoms with Gasteiger partial charge in [0, 0.05) is 13.0 Å². The van der Waals surface area contributed by atoms with E-state index in [9.17, 15) is 13.2 Å². The second-order valence-electron chi connectivity index (χ2n) is 4.34. The van der Waals surface area contributed by atoms with Crippen molar-refractivity contribution in [2.75, 3.05) is 10.8 Å². The Hall–Kier alpha value is -1.86. The summed E-state index contributed by atoms with van der Waals surface area (Å²) in [5.41, 5.74) is 0.538. The number of sulfonamides is 1. The van der Waals surface area contributed by atoms with Crippen LogP contribution < -0.4 is 4.31 Å². The van der Waals surface area contributed by atoms with Crippen molar-refractivity contribution in [2.45, 2.75) is 17.1 Å². The van der Waals surface area contributed by atoms with Gasteiger partial charge in [-0.3, -0.25) is 9.10 Å². The van der Waals surface area contributed by atoms with Crippen LogP contribution in [0, 0.1) is 0 Å². The number of carboxylic acids is 1. The van der Waals surface area contributed by atoms with Gasteiger partial charge in [0.25, 0.3) is 10.0 Å². The molecule has 0 bridgehead atoms. The second-order valence-corrected chi connectivity index (χ2v) is 7.38. The average molecular weight is 325 g/mol. The Kier molecular flexibility index (Phi) is 4.98. The van der Waals surface area contributed by atoms with Crippen molar-refractivity contribution in [3.05, 3.63) is 47.8 Å². The fraction of sp³-hybridized carbons (Fsp3) is 0.214. The van der Waals surface area contributed by atoms with Gasteiger partial charge in [-0.05, 0) is 30.0 Å². The molecule has 0 aliphatic heterocycles. The van der Waals surface area contributed by atoms with Crippen molar-refractivity contribution in [3.8, 4) is 0 Å². The fourth-order valence-corrected chi connectivity index (χ4v) is 4.48. The number of aliphatic carboxylic acids is 1. The van der Waals surface area contributed by atoms with Crippen LogP contribution in [0.4, 0.5) is 5.69 Å². The highest BCUT2D eigenvalue weighted by Crippen LogP contribution is 2.26. The molecule has 2 aromatic rings. The van der Waals surface area contributed by atoms with E-state index in [1.807, 2.05) is 0 Å². The van der Waals surface area contributed by atoms with Crippen molar-refractivity contribution in [1.82, 2.24) is 0 Å². The highest BCUT2D eigenvalue weighted by molar-refractivity contribution is 7.94. The lowest BCUT2D eigenvalue weighted by molar-refractivity contribution is -0.137. The first-order valence-electron chi connectivity index (χ1n) is 6.35. The van der Waals surface area contributed by atoms with Crippen LogP contribution in [0.2, 0.25) is 0 Å². The minimum absolute atomic E-state index is 0.0662. The van der Waals surface area contributed by atoms with Gasteiger partial charge in [0.05, 0.1) is 5.69 Å². The van der Waals surface area contributed by atoms with Gasteiger partial charge in [0.1, 0.15) is 4.21 Å². The van der Waals surface area contributed by atoms with Crippen LogP contribution >= 0.6 is 11.3 Å². The standard InChI is InChI=1S/C14H15NO4S2/c16-13(17)8-4-10-15(12-6-2-1-3-7-12)21(18,19)14-9-5-11-20-14/h1-3,5-7,9,11H,4,8,10H2,(H,16,17). The molecule has 0 spiro atoms. The topological polar surface area (TPSA) is 74.7 Å². The van der Waals surface area contributed by atoms with E-state index in [0.29, 0.717) is 5.69 Å². The van der Waals surface area contributed by atoms with Crippen LogP contribution in [-0.4, -0.2) is 26.0 Å². The summed E-state index contributed by atoms with van der Waals surface area (Å²) in [5.74, 6) is -0.934. The van der Waals surface area contributed by atoms with Gasteiger partial charge in [0.15, 0.2) is 0 Å². The molecule has 0 radical (unpaired) electrons. The van der Waals surface area contributed by atoms with Crippen LogP contribution in [0.25, 0.3) is 0 Å². The van der Waals surface area contributed by atoms with Crippen LogP contribution in [0.1, 0.15) is 12.8 Å². The fourth-order valence-electron chi connectivity index (χ4n) is 1.88. The number of para-hydroxylation sites is 1. The van der Waals surface area contributed by atoms with Gasteiger partial charge in [-0.2, -0.15) is 0 Å². The van der Waals surface area contributed by atoms with E-state index < -0.39 is 16.0 Å². The molecule has 1 N–H and O–H groups in total. The van der Waals surface area contributed by atoms with Crippen LogP contribution in [-0.2, 0) is 14.8 Å². The summed E-state index contributed by atoms with van der Waals surface area (Å²) in [5, 5.41) is 10.4. The summed E-state index contributed by atoms with van der Waals surface area (Å²) >= 11 is 1.15. The predicted molar refractivity (Wildman–Crippen MR) is 82.2 cm³/mol. The molecule has 0 atom stereocenters. The van der Waals surface area contributed by atoms with E-state index >= 15 is 0 Å². The number of carbonyl (C=O) groups is 1. The van der Waals surface area contributed by atoms with E-state index in [1.54, 1.807) is 47.8 Å². The Morgan fingerprint density at radius 3 is 2.43 bits per heavy atom. The molecule has 0 amide bonds. The minimum atomic E-state index is -3.65. The molecule has 1 heterocycles. The number of rotatable bonds is 7. The third kappa shape index (κ3) is 3.83. The SMILES string of the molecule is O=C(O)CCCN(c1ccccc1)S(=O)(=O)c1cccs1. The summed E-state index contributed by atoms with van der Waals surface area (Å²) in [6.45, 7) is 0.135. The molecule has 7 heteroatoms. The molecule has 1 aromatic heterocycles. The van der Waals surface area contributed by atoms with Crippen molar-refractivity contribution in [2.24, 2.45) is 0 Å². The molecule has 112 valence electrons. The lowest BCUT2D eigenvalue weighted by Crippen LogP contribution is -2.31. The second kappa shape index (κ2) is 6.73. The van der Waals surface area contributed by atoms with Gasteiger partial charge in [0.2, 0.25) is 0 Å². The molecule has 1 aromatic carbocycles. The quantitative estimate of drug-likeness (QED) is 0.849. The van der Waals surface area contributed by atoms with Crippen molar-refractivity contribution < 1.29 is 18.3 Å². The minimum Gasteiger partial charge on any atom is -0.481 e. The summed E-state index contributed by atoms with van der Waals surface area (Å²) in [7, 11) is -3.65. The van der Waals surface area contributed by atoms with E-state index in [-0.39, 0.29) is 23.6 Å². The number of carboxylic acid groups (broad SMARTS) is 1. The number of anilines is 1. The smallest absolute Gasteiger partial charge is 0.303 e. The number of hydrogen-bond acceptors (Lipinski definition) is 4. The number of hydrogen-bond donors (Lipinski definition) is 1. The first-order valence-corrected chi connectivity index (χ1v) is 8.67. The molecule has 0 aliphatic carbocycles. The van der Waals surface area contributed by atoms with Gasteiger partial charge in [-0.15, -0.1) is 11.3 Å². The Balaban J connectivity index is 2.30. The summed E-state index contributed by atoms with van der Waals surface area (Å²) in [6, 6.07) is 11.9. The molecular weight excluding hydrogens is 310 g/mol. The first kappa shape index (κ1) is 15.5. The van der Waals surface area contributed by atoms with E-state index in [1.165, 1.54) is 4.31 Å². The van der Waals surface area contributed by atoms with E-state index in [4.69, 9.17) is 5.11 Å². The van der Waals surface area contributed by atoms with Gasteiger partial charge in [-0.1, -0.05) is 24.3 Å². The zero-order valence-corrected chi connectivity index (χ0v) is 12.8. The molecule has 0 fully saturated rings. The van der Waals surface area contributed by atoms with Gasteiger partial charge < -0.3 is 5.11 Å². The largest absolute Gasteiger partial charge is 0.481 e. The predicted octanol–water partition coefficient (Wildman–Crippen LogP) is 2.81. The maximum atomic E-state index is 12.7. The van der Waals surface area contributed by atoms with Gasteiger partial charge >= 0.3 is 5.97 Å². The molecule has 0 saturated heterocycles. The molecule has 0 unspecified atom stereocenters. The van der Waals surface area contributed by atoms with Gasteiger partial charge in [-0.25, -0.2) is 8.42 Å². The maximum absolute atomic E-state index is 12.7. The Labute approximate surface area is 127 Å².